The summed E-state index contributed by atoms with van der Waals surface area (Å²) in [5.41, 5.74) is -0.278. The molecule has 10 nitrogen and oxygen atoms in total. The molecule has 1 saturated heterocycles. The number of nitrogens with one attached hydrogen (secondary N) is 2. The van der Waals surface area contributed by atoms with E-state index in [9.17, 15) is 23.4 Å². The third-order valence-corrected chi connectivity index (χ3v) is 9.53. The Morgan fingerprint density at radius 3 is 2.35 bits per heavy atom. The molecule has 1 atom stereocenters. The predicted octanol–water partition coefficient (Wildman–Crippen LogP) is 2.22. The lowest BCUT2D eigenvalue weighted by atomic mass is 9.93. The molecular formula is C26H37N5O5S. The maximum atomic E-state index is 13.0. The smallest absolute Gasteiger partial charge is 0.334 e. The normalized spacial score (nSPS) is 24.4. The molecule has 11 heteroatoms. The number of amidine groups is 1. The lowest BCUT2D eigenvalue weighted by Crippen LogP contribution is -2.56. The van der Waals surface area contributed by atoms with Crippen LogP contribution in [0, 0.1) is 5.41 Å². The van der Waals surface area contributed by atoms with Crippen LogP contribution < -0.4 is 14.9 Å². The molecule has 1 spiro atoms. The number of carboxylic acid groups (broad SMARTS) is 1. The lowest BCUT2D eigenvalue weighted by Gasteiger charge is -2.41. The molecule has 0 aromatic heterocycles. The summed E-state index contributed by atoms with van der Waals surface area (Å²) in [5.74, 6) is -0.167. The number of carboxylic acids is 1. The summed E-state index contributed by atoms with van der Waals surface area (Å²) >= 11 is 0. The first-order valence-electron chi connectivity index (χ1n) is 12.9. The maximum absolute atomic E-state index is 13.0. The number of aliphatic hydroxyl groups is 1. The van der Waals surface area contributed by atoms with Crippen molar-refractivity contribution in [2.24, 2.45) is 10.4 Å². The zero-order chi connectivity index (χ0) is 26.6. The number of hydrogen-bond acceptors (Lipinski definition) is 8. The number of likely N-dealkylation sites (tertiary alicyclic amines) is 1. The van der Waals surface area contributed by atoms with E-state index in [0.29, 0.717) is 22.8 Å². The van der Waals surface area contributed by atoms with E-state index in [0.717, 1.165) is 38.8 Å². The van der Waals surface area contributed by atoms with Gasteiger partial charge in [0.25, 0.3) is 0 Å². The first kappa shape index (κ1) is 26.0. The first-order valence-corrected chi connectivity index (χ1v) is 14.4. The van der Waals surface area contributed by atoms with Gasteiger partial charge < -0.3 is 25.3 Å². The number of aliphatic hydroxyl groups excluding tert-OH is 1. The van der Waals surface area contributed by atoms with Crippen molar-refractivity contribution in [3.8, 4) is 0 Å². The van der Waals surface area contributed by atoms with Crippen molar-refractivity contribution in [3.05, 3.63) is 36.3 Å². The van der Waals surface area contributed by atoms with Crippen LogP contribution in [0.5, 0.6) is 0 Å². The number of anilines is 1. The highest BCUT2D eigenvalue weighted by atomic mass is 32.2. The van der Waals surface area contributed by atoms with Gasteiger partial charge in [-0.2, -0.15) is 0 Å². The van der Waals surface area contributed by atoms with Crippen LogP contribution >= 0.6 is 0 Å². The molecule has 2 saturated carbocycles. The highest BCUT2D eigenvalue weighted by Gasteiger charge is 2.48. The van der Waals surface area contributed by atoms with E-state index in [-0.39, 0.29) is 11.5 Å². The van der Waals surface area contributed by atoms with Crippen LogP contribution in [-0.4, -0.2) is 72.2 Å². The molecule has 1 aromatic carbocycles. The molecule has 4 aliphatic rings. The Kier molecular flexibility index (Phi) is 6.32. The quantitative estimate of drug-likeness (QED) is 0.421. The van der Waals surface area contributed by atoms with Gasteiger partial charge >= 0.3 is 5.97 Å². The van der Waals surface area contributed by atoms with Crippen LogP contribution in [0.2, 0.25) is 0 Å². The number of piperidine rings is 1. The van der Waals surface area contributed by atoms with Gasteiger partial charge in [-0.05, 0) is 82.9 Å². The minimum atomic E-state index is -3.83. The number of aliphatic carboxylic acids is 1. The van der Waals surface area contributed by atoms with Crippen LogP contribution in [0.15, 0.2) is 46.2 Å². The summed E-state index contributed by atoms with van der Waals surface area (Å²) in [4.78, 5) is 21.2. The second-order valence-corrected chi connectivity index (χ2v) is 13.7. The maximum Gasteiger partial charge on any atom is 0.334 e. The highest BCUT2D eigenvalue weighted by Crippen LogP contribution is 2.53. The number of sulfonamides is 1. The monoisotopic (exact) mass is 531 g/mol. The summed E-state index contributed by atoms with van der Waals surface area (Å²) < 4.78 is 28.7. The van der Waals surface area contributed by atoms with E-state index in [1.54, 1.807) is 44.0 Å². The Morgan fingerprint density at radius 2 is 1.81 bits per heavy atom. The molecular weight excluding hydrogens is 494 g/mol. The molecule has 1 unspecified atom stereocenters. The van der Waals surface area contributed by atoms with Gasteiger partial charge in [0.05, 0.1) is 17.0 Å². The Balaban J connectivity index is 1.52. The fourth-order valence-electron chi connectivity index (χ4n) is 5.21. The highest BCUT2D eigenvalue weighted by molar-refractivity contribution is 7.89. The van der Waals surface area contributed by atoms with E-state index >= 15 is 0 Å². The topological polar surface area (TPSA) is 135 Å². The summed E-state index contributed by atoms with van der Waals surface area (Å²) in [6.07, 6.45) is 7.70. The molecule has 37 heavy (non-hydrogen) atoms. The van der Waals surface area contributed by atoms with Crippen molar-refractivity contribution >= 4 is 27.5 Å². The van der Waals surface area contributed by atoms with E-state index in [1.165, 1.54) is 25.0 Å². The molecule has 2 aliphatic carbocycles. The minimum Gasteiger partial charge on any atom is -0.479 e. The van der Waals surface area contributed by atoms with Gasteiger partial charge in [0, 0.05) is 30.5 Å². The molecule has 1 aromatic rings. The van der Waals surface area contributed by atoms with Crippen LogP contribution in [0.1, 0.15) is 59.3 Å². The molecule has 0 radical (unpaired) electrons. The molecule has 0 amide bonds. The van der Waals surface area contributed by atoms with Gasteiger partial charge in [-0.15, -0.1) is 0 Å². The zero-order valence-electron chi connectivity index (χ0n) is 21.7. The van der Waals surface area contributed by atoms with Crippen LogP contribution in [-0.2, 0) is 14.8 Å². The van der Waals surface area contributed by atoms with Gasteiger partial charge in [-0.25, -0.2) is 22.9 Å². The van der Waals surface area contributed by atoms with Crippen LogP contribution in [0.4, 0.5) is 5.69 Å². The SMILES string of the molecule is CC(C)(C)NS(=O)(=O)c1cccc(N2C=C(NC3(CO)CC3)N=C(N3CCC4(CC3)CC4)C2C(=O)O)c1. The van der Waals surface area contributed by atoms with E-state index in [1.807, 2.05) is 0 Å². The molecule has 4 N–H and O–H groups in total. The molecule has 202 valence electrons. The Labute approximate surface area is 218 Å². The van der Waals surface area contributed by atoms with Crippen LogP contribution in [0.3, 0.4) is 0 Å². The van der Waals surface area contributed by atoms with E-state index < -0.39 is 33.1 Å². The second kappa shape index (κ2) is 8.99. The summed E-state index contributed by atoms with van der Waals surface area (Å²) in [7, 11) is -3.83. The third-order valence-electron chi connectivity index (χ3n) is 7.77. The third kappa shape index (κ3) is 5.49. The van der Waals surface area contributed by atoms with Crippen molar-refractivity contribution in [1.82, 2.24) is 14.9 Å². The van der Waals surface area contributed by atoms with Gasteiger partial charge in [0.1, 0.15) is 11.7 Å². The van der Waals surface area contributed by atoms with Gasteiger partial charge in [0.2, 0.25) is 10.0 Å². The number of aliphatic imine (C=N–C) groups is 1. The van der Waals surface area contributed by atoms with Crippen molar-refractivity contribution in [2.75, 3.05) is 24.6 Å². The van der Waals surface area contributed by atoms with E-state index in [2.05, 4.69) is 14.9 Å². The fraction of sp³-hybridized carbons (Fsp3) is 0.615. The lowest BCUT2D eigenvalue weighted by molar-refractivity contribution is -0.137. The van der Waals surface area contributed by atoms with Crippen molar-refractivity contribution in [3.63, 3.8) is 0 Å². The summed E-state index contributed by atoms with van der Waals surface area (Å²) in [6.45, 7) is 6.72. The van der Waals surface area contributed by atoms with Crippen molar-refractivity contribution in [2.45, 2.75) is 81.3 Å². The molecule has 5 rings (SSSR count). The second-order valence-electron chi connectivity index (χ2n) is 12.0. The average molecular weight is 532 g/mol. The molecule has 2 heterocycles. The van der Waals surface area contributed by atoms with E-state index in [4.69, 9.17) is 4.99 Å². The summed E-state index contributed by atoms with van der Waals surface area (Å²) in [5, 5.41) is 23.6. The predicted molar refractivity (Wildman–Crippen MR) is 141 cm³/mol. The molecule has 2 aliphatic heterocycles. The number of benzene rings is 1. The Morgan fingerprint density at radius 1 is 1.14 bits per heavy atom. The summed E-state index contributed by atoms with van der Waals surface area (Å²) in [6, 6.07) is 5.20. The zero-order valence-corrected chi connectivity index (χ0v) is 22.5. The Hall–Kier alpha value is -2.63. The number of nitrogens with zero attached hydrogens (tertiary/aromatic N) is 3. The van der Waals surface area contributed by atoms with Gasteiger partial charge in [-0.1, -0.05) is 6.07 Å². The standard InChI is InChI=1S/C26H37N5O5S/c1-24(2,3)29-37(35,36)19-6-4-5-18(15-19)31-16-20(28-26(17-32)9-10-26)27-22(21(31)23(33)34)30-13-11-25(7-8-25)12-14-30/h4-6,15-16,21,28-29,32H,7-14,17H2,1-3H3,(H,33,34). The number of rotatable bonds is 7. The van der Waals surface area contributed by atoms with Crippen molar-refractivity contribution in [1.29, 1.82) is 0 Å². The largest absolute Gasteiger partial charge is 0.479 e. The first-order chi connectivity index (χ1) is 17.3. The fourth-order valence-corrected chi connectivity index (χ4v) is 6.66. The molecule has 0 bridgehead atoms. The Bertz CT molecular complexity index is 1230. The van der Waals surface area contributed by atoms with Crippen molar-refractivity contribution < 1.29 is 23.4 Å². The van der Waals surface area contributed by atoms with Crippen LogP contribution in [0.25, 0.3) is 0 Å². The minimum absolute atomic E-state index is 0.0456. The number of carbonyl (C=O) groups is 1. The molecule has 3 fully saturated rings. The van der Waals surface area contributed by atoms with Gasteiger partial charge in [0.15, 0.2) is 6.04 Å². The number of hydrogen-bond donors (Lipinski definition) is 4. The van der Waals surface area contributed by atoms with Gasteiger partial charge in [-0.3, -0.25) is 0 Å². The average Bonchev–Trinajstić information content (AvgIpc) is 3.76.